The fourth-order valence-corrected chi connectivity index (χ4v) is 6.18. The zero-order valence-corrected chi connectivity index (χ0v) is 24.6. The highest BCUT2D eigenvalue weighted by Gasteiger charge is 2.43. The van der Waals surface area contributed by atoms with Crippen molar-refractivity contribution in [3.63, 3.8) is 0 Å². The molecular formula is C33H43N3O6. The molecule has 3 atom stereocenters. The van der Waals surface area contributed by atoms with Gasteiger partial charge in [0.25, 0.3) is 5.91 Å². The Morgan fingerprint density at radius 1 is 1.17 bits per heavy atom. The molecule has 9 nitrogen and oxygen atoms in total. The van der Waals surface area contributed by atoms with Gasteiger partial charge in [0.1, 0.15) is 11.4 Å². The standard InChI is InChI=1S/C33H43N3O6/c1-4-35(29-15-8-9-17-33(29,40)23-41-3)30(25-11-6-5-7-12-25)24(2)31(37)36-19-18-34-22-27(36)16-20-42-28-14-10-13-26(21-28)32(38)39/h4-7,10-14,21,27,29,34,40H,1,8-9,15-20,22-23H2,2-3H3,(H,38,39)/b30-24+/t27-,29-,33-/m1/s1. The number of methoxy groups -OCH3 is 1. The van der Waals surface area contributed by atoms with Crippen LogP contribution >= 0.6 is 0 Å². The lowest BCUT2D eigenvalue weighted by Gasteiger charge is -2.46. The number of carboxylic acid groups (broad SMARTS) is 1. The van der Waals surface area contributed by atoms with Crippen LogP contribution in [0.15, 0.2) is 72.9 Å². The van der Waals surface area contributed by atoms with Gasteiger partial charge in [0, 0.05) is 44.8 Å². The molecule has 0 aromatic heterocycles. The largest absolute Gasteiger partial charge is 0.493 e. The van der Waals surface area contributed by atoms with Crippen LogP contribution in [0.5, 0.6) is 5.75 Å². The molecule has 9 heteroatoms. The van der Waals surface area contributed by atoms with E-state index in [9.17, 15) is 19.8 Å². The number of nitrogens with one attached hydrogen (secondary N) is 1. The van der Waals surface area contributed by atoms with E-state index in [2.05, 4.69) is 11.9 Å². The molecule has 1 amide bonds. The fourth-order valence-electron chi connectivity index (χ4n) is 6.18. The molecule has 2 aromatic rings. The molecule has 226 valence electrons. The summed E-state index contributed by atoms with van der Waals surface area (Å²) >= 11 is 0. The number of carbonyl (C=O) groups is 2. The maximum Gasteiger partial charge on any atom is 0.335 e. The van der Waals surface area contributed by atoms with Gasteiger partial charge in [-0.15, -0.1) is 0 Å². The fraction of sp³-hybridized carbons (Fsp3) is 0.455. The molecule has 42 heavy (non-hydrogen) atoms. The molecule has 2 fully saturated rings. The monoisotopic (exact) mass is 577 g/mol. The zero-order valence-electron chi connectivity index (χ0n) is 24.6. The minimum Gasteiger partial charge on any atom is -0.493 e. The third-order valence-electron chi connectivity index (χ3n) is 8.28. The van der Waals surface area contributed by atoms with Crippen LogP contribution in [0.25, 0.3) is 5.70 Å². The van der Waals surface area contributed by atoms with Gasteiger partial charge in [-0.05, 0) is 49.7 Å². The summed E-state index contributed by atoms with van der Waals surface area (Å²) in [5, 5.41) is 24.3. The van der Waals surface area contributed by atoms with Crippen LogP contribution in [0.4, 0.5) is 0 Å². The van der Waals surface area contributed by atoms with E-state index in [1.54, 1.807) is 25.4 Å². The lowest BCUT2D eigenvalue weighted by molar-refractivity contribution is -0.130. The molecule has 1 saturated heterocycles. The van der Waals surface area contributed by atoms with Gasteiger partial charge in [0.05, 0.1) is 30.5 Å². The van der Waals surface area contributed by atoms with Gasteiger partial charge in [-0.3, -0.25) is 4.79 Å². The van der Waals surface area contributed by atoms with Crippen LogP contribution in [0, 0.1) is 0 Å². The predicted molar refractivity (Wildman–Crippen MR) is 162 cm³/mol. The van der Waals surface area contributed by atoms with Crippen LogP contribution in [0.2, 0.25) is 0 Å². The summed E-state index contributed by atoms with van der Waals surface area (Å²) in [6, 6.07) is 15.8. The quantitative estimate of drug-likeness (QED) is 0.323. The average molecular weight is 578 g/mol. The lowest BCUT2D eigenvalue weighted by atomic mass is 9.79. The molecule has 2 aliphatic rings. The molecule has 1 saturated carbocycles. The summed E-state index contributed by atoms with van der Waals surface area (Å²) in [7, 11) is 1.60. The molecule has 1 aliphatic carbocycles. The van der Waals surface area contributed by atoms with Crippen LogP contribution in [-0.2, 0) is 9.53 Å². The van der Waals surface area contributed by atoms with Gasteiger partial charge in [0.15, 0.2) is 0 Å². The topological polar surface area (TPSA) is 112 Å². The molecular weight excluding hydrogens is 534 g/mol. The molecule has 1 aliphatic heterocycles. The van der Waals surface area contributed by atoms with Crippen LogP contribution in [-0.4, -0.2) is 89.5 Å². The number of hydrogen-bond acceptors (Lipinski definition) is 7. The lowest BCUT2D eigenvalue weighted by Crippen LogP contribution is -2.56. The summed E-state index contributed by atoms with van der Waals surface area (Å²) in [5.74, 6) is -0.601. The minimum absolute atomic E-state index is 0.0776. The molecule has 4 rings (SSSR count). The van der Waals surface area contributed by atoms with Crippen molar-refractivity contribution in [1.82, 2.24) is 15.1 Å². The third kappa shape index (κ3) is 7.21. The Hall–Kier alpha value is -3.66. The van der Waals surface area contributed by atoms with Crippen LogP contribution in [0.1, 0.15) is 54.9 Å². The smallest absolute Gasteiger partial charge is 0.335 e. The molecule has 0 spiro atoms. The van der Waals surface area contributed by atoms with E-state index in [1.807, 2.05) is 47.1 Å². The number of benzene rings is 2. The van der Waals surface area contributed by atoms with E-state index in [1.165, 1.54) is 12.1 Å². The van der Waals surface area contributed by atoms with E-state index in [0.29, 0.717) is 50.4 Å². The Bertz CT molecular complexity index is 1260. The SMILES string of the molecule is C=CN(/C(=C(\C)C(=O)N1CCNC[C@H]1CCOc1cccc(C(=O)O)c1)c1ccccc1)[C@@H]1CCCC[C@@]1(O)COC. The molecule has 0 bridgehead atoms. The van der Waals surface area contributed by atoms with E-state index >= 15 is 0 Å². The number of amides is 1. The van der Waals surface area contributed by atoms with Gasteiger partial charge in [-0.2, -0.15) is 0 Å². The number of ether oxygens (including phenoxy) is 2. The number of nitrogens with zero attached hydrogens (tertiary/aromatic N) is 2. The maximum absolute atomic E-state index is 14.3. The van der Waals surface area contributed by atoms with Gasteiger partial charge in [-0.1, -0.05) is 55.8 Å². The second kappa shape index (κ2) is 14.5. The first-order valence-corrected chi connectivity index (χ1v) is 14.7. The summed E-state index contributed by atoms with van der Waals surface area (Å²) in [4.78, 5) is 29.4. The normalized spacial score (nSPS) is 23.1. The Morgan fingerprint density at radius 2 is 1.93 bits per heavy atom. The molecule has 2 aromatic carbocycles. The summed E-state index contributed by atoms with van der Waals surface area (Å²) in [6.07, 6.45) is 5.54. The number of rotatable bonds is 12. The first kappa shape index (κ1) is 31.3. The highest BCUT2D eigenvalue weighted by atomic mass is 16.5. The van der Waals surface area contributed by atoms with Crippen molar-refractivity contribution in [2.24, 2.45) is 0 Å². The molecule has 1 heterocycles. The van der Waals surface area contributed by atoms with Crippen LogP contribution < -0.4 is 10.1 Å². The van der Waals surface area contributed by atoms with Gasteiger partial charge in [-0.25, -0.2) is 4.79 Å². The molecule has 0 radical (unpaired) electrons. The van der Waals surface area contributed by atoms with E-state index in [-0.39, 0.29) is 30.2 Å². The Kier molecular flexibility index (Phi) is 10.8. The third-order valence-corrected chi connectivity index (χ3v) is 8.28. The van der Waals surface area contributed by atoms with Crippen molar-refractivity contribution in [3.8, 4) is 5.75 Å². The summed E-state index contributed by atoms with van der Waals surface area (Å²) < 4.78 is 11.3. The highest BCUT2D eigenvalue weighted by Crippen LogP contribution is 2.38. The zero-order chi connectivity index (χ0) is 30.1. The average Bonchev–Trinajstić information content (AvgIpc) is 3.00. The van der Waals surface area contributed by atoms with Gasteiger partial charge in [0.2, 0.25) is 0 Å². The van der Waals surface area contributed by atoms with Crippen molar-refractivity contribution in [3.05, 3.63) is 84.1 Å². The van der Waals surface area contributed by atoms with Crippen molar-refractivity contribution in [2.75, 3.05) is 40.0 Å². The maximum atomic E-state index is 14.3. The first-order chi connectivity index (χ1) is 20.3. The number of piperazine rings is 1. The highest BCUT2D eigenvalue weighted by molar-refractivity contribution is 6.00. The minimum atomic E-state index is -1.07. The number of aliphatic hydroxyl groups is 1. The number of carboxylic acids is 1. The predicted octanol–water partition coefficient (Wildman–Crippen LogP) is 4.15. The summed E-state index contributed by atoms with van der Waals surface area (Å²) in [5.41, 5.74) is 1.28. The van der Waals surface area contributed by atoms with Gasteiger partial charge < -0.3 is 34.8 Å². The number of aromatic carboxylic acids is 1. The first-order valence-electron chi connectivity index (χ1n) is 14.7. The van der Waals surface area contributed by atoms with E-state index in [4.69, 9.17) is 9.47 Å². The van der Waals surface area contributed by atoms with Crippen molar-refractivity contribution >= 4 is 17.6 Å². The van der Waals surface area contributed by atoms with Crippen LogP contribution in [0.3, 0.4) is 0 Å². The Balaban J connectivity index is 1.61. The van der Waals surface area contributed by atoms with Gasteiger partial charge >= 0.3 is 5.97 Å². The number of hydrogen-bond donors (Lipinski definition) is 3. The van der Waals surface area contributed by atoms with Crippen molar-refractivity contribution < 1.29 is 29.3 Å². The van der Waals surface area contributed by atoms with Crippen molar-refractivity contribution in [2.45, 2.75) is 56.7 Å². The Labute approximate surface area is 248 Å². The molecule has 3 N–H and O–H groups in total. The van der Waals surface area contributed by atoms with Crippen molar-refractivity contribution in [1.29, 1.82) is 0 Å². The number of carbonyl (C=O) groups excluding carboxylic acids is 1. The Morgan fingerprint density at radius 3 is 2.64 bits per heavy atom. The summed E-state index contributed by atoms with van der Waals surface area (Å²) in [6.45, 7) is 8.35. The second-order valence-electron chi connectivity index (χ2n) is 11.1. The molecule has 0 unspecified atom stereocenters. The van der Waals surface area contributed by atoms with E-state index < -0.39 is 11.6 Å². The van der Waals surface area contributed by atoms with E-state index in [0.717, 1.165) is 30.5 Å². The second-order valence-corrected chi connectivity index (χ2v) is 11.1.